The first-order valence-electron chi connectivity index (χ1n) is 12.5. The lowest BCUT2D eigenvalue weighted by Gasteiger charge is -2.32. The number of benzene rings is 3. The van der Waals surface area contributed by atoms with Crippen molar-refractivity contribution < 1.29 is 22.4 Å². The molecule has 0 fully saturated rings. The molecule has 0 spiro atoms. The zero-order valence-electron chi connectivity index (χ0n) is 22.1. The standard InChI is InChI=1S/C29H34FN3O4S/c1-21(2)18-31-29(35)23(4)32(19-24-10-6-5-7-11-24)28(34)20-33(27-13-9-8-12-26(27)30)38(36,37)25-16-14-22(3)15-17-25/h5-17,21,23H,18-20H2,1-4H3,(H,31,35)/t23-/m1/s1. The third-order valence-electron chi connectivity index (χ3n) is 6.06. The van der Waals surface area contributed by atoms with Crippen molar-refractivity contribution in [1.29, 1.82) is 0 Å². The second kappa shape index (κ2) is 12.7. The first-order chi connectivity index (χ1) is 18.0. The number of rotatable bonds is 11. The van der Waals surface area contributed by atoms with E-state index in [0.29, 0.717) is 6.54 Å². The normalized spacial score (nSPS) is 12.2. The third kappa shape index (κ3) is 7.19. The maximum atomic E-state index is 14.9. The lowest BCUT2D eigenvalue weighted by molar-refractivity contribution is -0.139. The molecule has 3 aromatic rings. The van der Waals surface area contributed by atoms with Gasteiger partial charge in [0.05, 0.1) is 10.6 Å². The molecule has 0 radical (unpaired) electrons. The molecular formula is C29H34FN3O4S. The Bertz CT molecular complexity index is 1350. The van der Waals surface area contributed by atoms with Gasteiger partial charge in [0.2, 0.25) is 11.8 Å². The Hall–Kier alpha value is -3.72. The summed E-state index contributed by atoms with van der Waals surface area (Å²) in [7, 11) is -4.32. The Morgan fingerprint density at radius 1 is 0.895 bits per heavy atom. The highest BCUT2D eigenvalue weighted by molar-refractivity contribution is 7.92. The van der Waals surface area contributed by atoms with Crippen LogP contribution in [0, 0.1) is 18.7 Å². The van der Waals surface area contributed by atoms with Crippen molar-refractivity contribution >= 4 is 27.5 Å². The molecule has 3 aromatic carbocycles. The van der Waals surface area contributed by atoms with E-state index in [1.54, 1.807) is 19.1 Å². The second-order valence-electron chi connectivity index (χ2n) is 9.60. The molecule has 7 nitrogen and oxygen atoms in total. The fourth-order valence-electron chi connectivity index (χ4n) is 3.82. The minimum atomic E-state index is -4.32. The third-order valence-corrected chi connectivity index (χ3v) is 7.83. The predicted molar refractivity (Wildman–Crippen MR) is 146 cm³/mol. The Kier molecular flexibility index (Phi) is 9.63. The summed E-state index contributed by atoms with van der Waals surface area (Å²) < 4.78 is 43.1. The van der Waals surface area contributed by atoms with E-state index in [2.05, 4.69) is 5.32 Å². The number of halogens is 1. The molecule has 0 aliphatic carbocycles. The Morgan fingerprint density at radius 2 is 1.50 bits per heavy atom. The van der Waals surface area contributed by atoms with Gasteiger partial charge in [0, 0.05) is 13.1 Å². The molecule has 0 saturated heterocycles. The molecule has 38 heavy (non-hydrogen) atoms. The highest BCUT2D eigenvalue weighted by atomic mass is 32.2. The molecule has 0 saturated carbocycles. The fraction of sp³-hybridized carbons (Fsp3) is 0.310. The van der Waals surface area contributed by atoms with Gasteiger partial charge in [0.1, 0.15) is 18.4 Å². The summed E-state index contributed by atoms with van der Waals surface area (Å²) in [6.45, 7) is 7.15. The van der Waals surface area contributed by atoms with Crippen LogP contribution in [-0.4, -0.2) is 44.3 Å². The summed E-state index contributed by atoms with van der Waals surface area (Å²) in [6.07, 6.45) is 0. The molecule has 0 unspecified atom stereocenters. The summed E-state index contributed by atoms with van der Waals surface area (Å²) >= 11 is 0. The average molecular weight is 540 g/mol. The fourth-order valence-corrected chi connectivity index (χ4v) is 5.24. The SMILES string of the molecule is Cc1ccc(S(=O)(=O)N(CC(=O)N(Cc2ccccc2)[C@H](C)C(=O)NCC(C)C)c2ccccc2F)cc1. The van der Waals surface area contributed by atoms with Crippen molar-refractivity contribution in [1.82, 2.24) is 10.2 Å². The number of para-hydroxylation sites is 1. The lowest BCUT2D eigenvalue weighted by atomic mass is 10.1. The summed E-state index contributed by atoms with van der Waals surface area (Å²) in [5, 5.41) is 2.83. The highest BCUT2D eigenvalue weighted by Crippen LogP contribution is 2.27. The van der Waals surface area contributed by atoms with E-state index in [1.165, 1.54) is 35.2 Å². The summed E-state index contributed by atoms with van der Waals surface area (Å²) in [5.74, 6) is -1.57. The van der Waals surface area contributed by atoms with Crippen molar-refractivity contribution in [2.75, 3.05) is 17.4 Å². The van der Waals surface area contributed by atoms with Crippen molar-refractivity contribution in [3.05, 3.63) is 95.8 Å². The molecule has 0 aliphatic rings. The summed E-state index contributed by atoms with van der Waals surface area (Å²) in [4.78, 5) is 28.0. The quantitative estimate of drug-likeness (QED) is 0.388. The van der Waals surface area contributed by atoms with Gasteiger partial charge in [-0.2, -0.15) is 0 Å². The molecule has 202 valence electrons. The maximum Gasteiger partial charge on any atom is 0.264 e. The first kappa shape index (κ1) is 28.8. The van der Waals surface area contributed by atoms with Crippen LogP contribution in [0.1, 0.15) is 31.9 Å². The molecule has 0 bridgehead atoms. The number of amides is 2. The van der Waals surface area contributed by atoms with Gasteiger partial charge in [-0.1, -0.05) is 74.0 Å². The molecule has 2 amide bonds. The van der Waals surface area contributed by atoms with Crippen LogP contribution in [0.4, 0.5) is 10.1 Å². The van der Waals surface area contributed by atoms with E-state index in [0.717, 1.165) is 21.5 Å². The van der Waals surface area contributed by atoms with Crippen molar-refractivity contribution in [3.8, 4) is 0 Å². The van der Waals surface area contributed by atoms with Gasteiger partial charge in [0.25, 0.3) is 10.0 Å². The van der Waals surface area contributed by atoms with Crippen molar-refractivity contribution in [2.24, 2.45) is 5.92 Å². The zero-order valence-corrected chi connectivity index (χ0v) is 22.9. The minimum absolute atomic E-state index is 0.0727. The topological polar surface area (TPSA) is 86.8 Å². The molecule has 0 aliphatic heterocycles. The number of carbonyl (C=O) groups excluding carboxylic acids is 2. The molecule has 0 aromatic heterocycles. The summed E-state index contributed by atoms with van der Waals surface area (Å²) in [6, 6.07) is 19.7. The van der Waals surface area contributed by atoms with Gasteiger partial charge in [-0.15, -0.1) is 0 Å². The Balaban J connectivity index is 2.01. The monoisotopic (exact) mass is 539 g/mol. The van der Waals surface area contributed by atoms with Crippen LogP contribution in [0.2, 0.25) is 0 Å². The zero-order chi connectivity index (χ0) is 27.9. The Labute approximate surface area is 224 Å². The number of nitrogens with one attached hydrogen (secondary N) is 1. The number of sulfonamides is 1. The number of nitrogens with zero attached hydrogens (tertiary/aromatic N) is 2. The van der Waals surface area contributed by atoms with Crippen LogP contribution in [0.5, 0.6) is 0 Å². The maximum absolute atomic E-state index is 14.9. The first-order valence-corrected chi connectivity index (χ1v) is 13.9. The minimum Gasteiger partial charge on any atom is -0.354 e. The molecule has 0 heterocycles. The van der Waals surface area contributed by atoms with Gasteiger partial charge >= 0.3 is 0 Å². The van der Waals surface area contributed by atoms with Gasteiger partial charge in [0.15, 0.2) is 0 Å². The molecule has 9 heteroatoms. The van der Waals surface area contributed by atoms with Crippen molar-refractivity contribution in [3.63, 3.8) is 0 Å². The van der Waals surface area contributed by atoms with Gasteiger partial charge in [-0.3, -0.25) is 13.9 Å². The van der Waals surface area contributed by atoms with E-state index in [9.17, 15) is 22.4 Å². The largest absolute Gasteiger partial charge is 0.354 e. The van der Waals surface area contributed by atoms with E-state index >= 15 is 0 Å². The highest BCUT2D eigenvalue weighted by Gasteiger charge is 2.33. The number of aryl methyl sites for hydroxylation is 1. The van der Waals surface area contributed by atoms with E-state index in [1.807, 2.05) is 51.1 Å². The smallest absolute Gasteiger partial charge is 0.264 e. The molecule has 3 rings (SSSR count). The van der Waals surface area contributed by atoms with Crippen molar-refractivity contribution in [2.45, 2.75) is 45.2 Å². The van der Waals surface area contributed by atoms with Crippen LogP contribution >= 0.6 is 0 Å². The molecular weight excluding hydrogens is 505 g/mol. The number of hydrogen-bond donors (Lipinski definition) is 1. The van der Waals surface area contributed by atoms with Crippen LogP contribution in [0.3, 0.4) is 0 Å². The van der Waals surface area contributed by atoms with Gasteiger partial charge < -0.3 is 10.2 Å². The second-order valence-corrected chi connectivity index (χ2v) is 11.5. The average Bonchev–Trinajstić information content (AvgIpc) is 2.89. The molecule has 1 atom stereocenters. The van der Waals surface area contributed by atoms with Crippen LogP contribution in [0.25, 0.3) is 0 Å². The summed E-state index contributed by atoms with van der Waals surface area (Å²) in [5.41, 5.74) is 1.37. The number of anilines is 1. The number of hydrogen-bond acceptors (Lipinski definition) is 4. The van der Waals surface area contributed by atoms with Gasteiger partial charge in [-0.05, 0) is 49.6 Å². The van der Waals surface area contributed by atoms with Crippen LogP contribution in [0.15, 0.2) is 83.8 Å². The Morgan fingerprint density at radius 3 is 2.11 bits per heavy atom. The van der Waals surface area contributed by atoms with E-state index < -0.39 is 34.3 Å². The van der Waals surface area contributed by atoms with Gasteiger partial charge in [-0.25, -0.2) is 12.8 Å². The van der Waals surface area contributed by atoms with Crippen LogP contribution < -0.4 is 9.62 Å². The predicted octanol–water partition coefficient (Wildman–Crippen LogP) is 4.52. The molecule has 1 N–H and O–H groups in total. The van der Waals surface area contributed by atoms with E-state index in [-0.39, 0.29) is 29.0 Å². The van der Waals surface area contributed by atoms with Crippen LogP contribution in [-0.2, 0) is 26.2 Å². The number of carbonyl (C=O) groups is 2. The lowest BCUT2D eigenvalue weighted by Crippen LogP contribution is -2.51. The van der Waals surface area contributed by atoms with E-state index in [4.69, 9.17) is 0 Å².